The standard InChI is InChI=1S/C10H15NO/c1-7-3-9(8(2)6-11)5-10(12)4-7/h3-5,8,12H,6,11H2,1-2H3. The summed E-state index contributed by atoms with van der Waals surface area (Å²) in [6, 6.07) is 5.56. The normalized spacial score (nSPS) is 12.9. The minimum atomic E-state index is 0.316. The van der Waals surface area contributed by atoms with Crippen LogP contribution in [0.15, 0.2) is 18.2 Å². The number of nitrogens with two attached hydrogens (primary N) is 1. The summed E-state index contributed by atoms with van der Waals surface area (Å²) in [5.41, 5.74) is 7.70. The summed E-state index contributed by atoms with van der Waals surface area (Å²) in [5.74, 6) is 0.640. The van der Waals surface area contributed by atoms with Crippen molar-refractivity contribution in [2.24, 2.45) is 5.73 Å². The molecule has 0 bridgehead atoms. The van der Waals surface area contributed by atoms with Crippen molar-refractivity contribution in [1.82, 2.24) is 0 Å². The monoisotopic (exact) mass is 165 g/mol. The largest absolute Gasteiger partial charge is 0.508 e. The second kappa shape index (κ2) is 3.59. The number of phenols is 1. The van der Waals surface area contributed by atoms with E-state index >= 15 is 0 Å². The molecule has 1 atom stereocenters. The lowest BCUT2D eigenvalue weighted by Crippen LogP contribution is -2.08. The maximum Gasteiger partial charge on any atom is 0.116 e. The Kier molecular flexibility index (Phi) is 2.71. The zero-order chi connectivity index (χ0) is 9.14. The number of benzene rings is 1. The molecule has 1 rings (SSSR count). The Morgan fingerprint density at radius 1 is 1.42 bits per heavy atom. The zero-order valence-electron chi connectivity index (χ0n) is 7.54. The summed E-state index contributed by atoms with van der Waals surface area (Å²) in [4.78, 5) is 0. The molecule has 2 heteroatoms. The van der Waals surface area contributed by atoms with Crippen LogP contribution in [0.1, 0.15) is 24.0 Å². The molecule has 66 valence electrons. The average Bonchev–Trinajstić information content (AvgIpc) is 2.01. The van der Waals surface area contributed by atoms with E-state index in [1.54, 1.807) is 12.1 Å². The number of aromatic hydroxyl groups is 1. The Bertz CT molecular complexity index is 250. The van der Waals surface area contributed by atoms with Crippen molar-refractivity contribution >= 4 is 0 Å². The average molecular weight is 165 g/mol. The first-order valence-electron chi connectivity index (χ1n) is 4.14. The molecule has 3 N–H and O–H groups in total. The fourth-order valence-electron chi connectivity index (χ4n) is 1.21. The van der Waals surface area contributed by atoms with Crippen molar-refractivity contribution in [3.05, 3.63) is 29.3 Å². The van der Waals surface area contributed by atoms with Gasteiger partial charge >= 0.3 is 0 Å². The molecule has 1 aromatic rings. The third-order valence-electron chi connectivity index (χ3n) is 2.01. The molecule has 0 amide bonds. The Morgan fingerprint density at radius 2 is 2.08 bits per heavy atom. The zero-order valence-corrected chi connectivity index (χ0v) is 7.54. The minimum Gasteiger partial charge on any atom is -0.508 e. The number of hydrogen-bond donors (Lipinski definition) is 2. The lowest BCUT2D eigenvalue weighted by Gasteiger charge is -2.09. The lowest BCUT2D eigenvalue weighted by molar-refractivity contribution is 0.473. The SMILES string of the molecule is Cc1cc(O)cc(C(C)CN)c1. The third-order valence-corrected chi connectivity index (χ3v) is 2.01. The predicted octanol–water partition coefficient (Wildman–Crippen LogP) is 1.76. The number of phenolic OH excluding ortho intramolecular Hbond substituents is 1. The van der Waals surface area contributed by atoms with Crippen LogP contribution >= 0.6 is 0 Å². The van der Waals surface area contributed by atoms with Gasteiger partial charge in [0.2, 0.25) is 0 Å². The molecule has 0 aromatic heterocycles. The van der Waals surface area contributed by atoms with Crippen molar-refractivity contribution in [3.8, 4) is 5.75 Å². The van der Waals surface area contributed by atoms with E-state index in [2.05, 4.69) is 6.07 Å². The Balaban J connectivity index is 3.00. The summed E-state index contributed by atoms with van der Waals surface area (Å²) >= 11 is 0. The summed E-state index contributed by atoms with van der Waals surface area (Å²) in [6.45, 7) is 4.63. The van der Waals surface area contributed by atoms with Crippen LogP contribution in [0.5, 0.6) is 5.75 Å². The summed E-state index contributed by atoms with van der Waals surface area (Å²) < 4.78 is 0. The van der Waals surface area contributed by atoms with Gasteiger partial charge in [0.05, 0.1) is 0 Å². The van der Waals surface area contributed by atoms with Gasteiger partial charge in [0.15, 0.2) is 0 Å². The molecular formula is C10H15NO. The second-order valence-corrected chi connectivity index (χ2v) is 3.24. The van der Waals surface area contributed by atoms with E-state index < -0.39 is 0 Å². The van der Waals surface area contributed by atoms with Crippen LogP contribution in [-0.2, 0) is 0 Å². The maximum absolute atomic E-state index is 9.30. The molecule has 0 heterocycles. The first-order valence-corrected chi connectivity index (χ1v) is 4.14. The van der Waals surface area contributed by atoms with Gasteiger partial charge in [-0.25, -0.2) is 0 Å². The highest BCUT2D eigenvalue weighted by atomic mass is 16.3. The van der Waals surface area contributed by atoms with Crippen LogP contribution in [0.4, 0.5) is 0 Å². The molecule has 0 radical (unpaired) electrons. The molecule has 0 saturated heterocycles. The first kappa shape index (κ1) is 9.07. The fraction of sp³-hybridized carbons (Fsp3) is 0.400. The van der Waals surface area contributed by atoms with E-state index in [1.807, 2.05) is 13.8 Å². The van der Waals surface area contributed by atoms with Gasteiger partial charge in [-0.05, 0) is 42.6 Å². The van der Waals surface area contributed by atoms with Crippen LogP contribution < -0.4 is 5.73 Å². The van der Waals surface area contributed by atoms with Gasteiger partial charge < -0.3 is 10.8 Å². The fourth-order valence-corrected chi connectivity index (χ4v) is 1.21. The second-order valence-electron chi connectivity index (χ2n) is 3.24. The van der Waals surface area contributed by atoms with Gasteiger partial charge in [0, 0.05) is 0 Å². The molecule has 0 fully saturated rings. The van der Waals surface area contributed by atoms with Gasteiger partial charge in [-0.15, -0.1) is 0 Å². The predicted molar refractivity (Wildman–Crippen MR) is 50.3 cm³/mol. The van der Waals surface area contributed by atoms with Crippen LogP contribution in [0.25, 0.3) is 0 Å². The van der Waals surface area contributed by atoms with E-state index in [0.29, 0.717) is 18.2 Å². The van der Waals surface area contributed by atoms with E-state index in [-0.39, 0.29) is 0 Å². The van der Waals surface area contributed by atoms with Gasteiger partial charge in [0.1, 0.15) is 5.75 Å². The van der Waals surface area contributed by atoms with Crippen LogP contribution in [0.2, 0.25) is 0 Å². The molecule has 1 unspecified atom stereocenters. The third kappa shape index (κ3) is 1.98. The summed E-state index contributed by atoms with van der Waals surface area (Å²) in [6.07, 6.45) is 0. The Morgan fingerprint density at radius 3 is 2.58 bits per heavy atom. The van der Waals surface area contributed by atoms with Crippen LogP contribution in [-0.4, -0.2) is 11.7 Å². The molecule has 0 aliphatic carbocycles. The smallest absolute Gasteiger partial charge is 0.116 e. The van der Waals surface area contributed by atoms with E-state index in [0.717, 1.165) is 11.1 Å². The van der Waals surface area contributed by atoms with Crippen molar-refractivity contribution in [3.63, 3.8) is 0 Å². The molecular weight excluding hydrogens is 150 g/mol. The molecule has 0 aliphatic heterocycles. The summed E-state index contributed by atoms with van der Waals surface area (Å²) in [5, 5.41) is 9.30. The van der Waals surface area contributed by atoms with Gasteiger partial charge in [-0.3, -0.25) is 0 Å². The number of aryl methyl sites for hydroxylation is 1. The quantitative estimate of drug-likeness (QED) is 0.701. The van der Waals surface area contributed by atoms with Crippen LogP contribution in [0.3, 0.4) is 0 Å². The maximum atomic E-state index is 9.30. The molecule has 12 heavy (non-hydrogen) atoms. The first-order chi connectivity index (χ1) is 5.63. The van der Waals surface area contributed by atoms with Crippen molar-refractivity contribution in [2.45, 2.75) is 19.8 Å². The van der Waals surface area contributed by atoms with Crippen LogP contribution in [0, 0.1) is 6.92 Å². The summed E-state index contributed by atoms with van der Waals surface area (Å²) in [7, 11) is 0. The van der Waals surface area contributed by atoms with E-state index in [4.69, 9.17) is 5.73 Å². The molecule has 0 spiro atoms. The van der Waals surface area contributed by atoms with E-state index in [1.165, 1.54) is 0 Å². The van der Waals surface area contributed by atoms with Gasteiger partial charge in [-0.1, -0.05) is 13.0 Å². The van der Waals surface area contributed by atoms with Gasteiger partial charge in [0.25, 0.3) is 0 Å². The lowest BCUT2D eigenvalue weighted by atomic mass is 9.99. The van der Waals surface area contributed by atoms with E-state index in [9.17, 15) is 5.11 Å². The number of rotatable bonds is 2. The molecule has 0 aliphatic rings. The van der Waals surface area contributed by atoms with Crippen molar-refractivity contribution in [1.29, 1.82) is 0 Å². The Hall–Kier alpha value is -1.02. The molecule has 2 nitrogen and oxygen atoms in total. The number of hydrogen-bond acceptors (Lipinski definition) is 2. The Labute approximate surface area is 73.0 Å². The van der Waals surface area contributed by atoms with Crippen molar-refractivity contribution in [2.75, 3.05) is 6.54 Å². The molecule has 0 saturated carbocycles. The molecule has 1 aromatic carbocycles. The van der Waals surface area contributed by atoms with Crippen molar-refractivity contribution < 1.29 is 5.11 Å². The topological polar surface area (TPSA) is 46.2 Å². The highest BCUT2D eigenvalue weighted by Crippen LogP contribution is 2.21. The van der Waals surface area contributed by atoms with Gasteiger partial charge in [-0.2, -0.15) is 0 Å². The highest BCUT2D eigenvalue weighted by Gasteiger charge is 2.04. The minimum absolute atomic E-state index is 0.316. The highest BCUT2D eigenvalue weighted by molar-refractivity contribution is 5.34.